The van der Waals surface area contributed by atoms with Gasteiger partial charge in [-0.05, 0) is 18.2 Å². The number of methoxy groups -OCH3 is 1. The predicted molar refractivity (Wildman–Crippen MR) is 64.5 cm³/mol. The maximum absolute atomic E-state index is 9.44. The number of aliphatic hydroxyl groups is 1. The summed E-state index contributed by atoms with van der Waals surface area (Å²) in [4.78, 5) is 0.918. The van der Waals surface area contributed by atoms with Crippen LogP contribution in [0.5, 0.6) is 0 Å². The van der Waals surface area contributed by atoms with Crippen LogP contribution in [-0.2, 0) is 4.74 Å². The van der Waals surface area contributed by atoms with E-state index < -0.39 is 6.10 Å². The van der Waals surface area contributed by atoms with Crippen molar-refractivity contribution in [2.24, 2.45) is 0 Å². The highest BCUT2D eigenvalue weighted by Gasteiger charge is 2.06. The molecule has 0 aliphatic rings. The molecule has 1 atom stereocenters. The average Bonchev–Trinajstić information content (AvgIpc) is 2.17. The maximum atomic E-state index is 9.44. The van der Waals surface area contributed by atoms with Crippen LogP contribution in [0, 0.1) is 0 Å². The van der Waals surface area contributed by atoms with Gasteiger partial charge in [0.1, 0.15) is 0 Å². The van der Waals surface area contributed by atoms with Crippen molar-refractivity contribution in [2.45, 2.75) is 11.0 Å². The maximum Gasteiger partial charge on any atom is 0.0867 e. The summed E-state index contributed by atoms with van der Waals surface area (Å²) in [6.45, 7) is 0.333. The largest absolute Gasteiger partial charge is 0.399 e. The Morgan fingerprint density at radius 1 is 1.60 bits per heavy atom. The van der Waals surface area contributed by atoms with Crippen LogP contribution in [0.4, 0.5) is 5.69 Å². The summed E-state index contributed by atoms with van der Waals surface area (Å²) in [7, 11) is 1.56. The van der Waals surface area contributed by atoms with Crippen molar-refractivity contribution in [3.8, 4) is 0 Å². The van der Waals surface area contributed by atoms with Gasteiger partial charge in [-0.15, -0.1) is 11.8 Å². The molecule has 1 unspecified atom stereocenters. The van der Waals surface area contributed by atoms with E-state index in [1.165, 1.54) is 11.8 Å². The Morgan fingerprint density at radius 3 is 2.93 bits per heavy atom. The fourth-order valence-corrected chi connectivity index (χ4v) is 2.24. The molecule has 0 radical (unpaired) electrons. The van der Waals surface area contributed by atoms with Crippen LogP contribution >= 0.6 is 23.4 Å². The van der Waals surface area contributed by atoms with Crippen molar-refractivity contribution < 1.29 is 9.84 Å². The molecule has 1 aromatic carbocycles. The molecule has 0 saturated heterocycles. The standard InChI is InChI=1S/C10H14ClNO2S/c1-14-5-8(13)6-15-10-3-2-7(12)4-9(10)11/h2-4,8,13H,5-6,12H2,1H3. The van der Waals surface area contributed by atoms with E-state index in [1.54, 1.807) is 19.2 Å². The lowest BCUT2D eigenvalue weighted by atomic mass is 10.3. The number of nitrogen functional groups attached to an aromatic ring is 1. The van der Waals surface area contributed by atoms with Gasteiger partial charge < -0.3 is 15.6 Å². The SMILES string of the molecule is COCC(O)CSc1ccc(N)cc1Cl. The second kappa shape index (κ2) is 6.23. The van der Waals surface area contributed by atoms with Crippen LogP contribution < -0.4 is 5.73 Å². The minimum atomic E-state index is -0.478. The highest BCUT2D eigenvalue weighted by Crippen LogP contribution is 2.29. The summed E-state index contributed by atoms with van der Waals surface area (Å²) in [6.07, 6.45) is -0.478. The van der Waals surface area contributed by atoms with Gasteiger partial charge in [0.05, 0.1) is 17.7 Å². The molecule has 3 nitrogen and oxygen atoms in total. The lowest BCUT2D eigenvalue weighted by Gasteiger charge is -2.09. The minimum absolute atomic E-state index is 0.333. The van der Waals surface area contributed by atoms with Crippen LogP contribution in [0.2, 0.25) is 5.02 Å². The van der Waals surface area contributed by atoms with E-state index in [2.05, 4.69) is 0 Å². The van der Waals surface area contributed by atoms with E-state index >= 15 is 0 Å². The lowest BCUT2D eigenvalue weighted by molar-refractivity contribution is 0.0794. The van der Waals surface area contributed by atoms with Gasteiger partial charge in [0.2, 0.25) is 0 Å². The van der Waals surface area contributed by atoms with Gasteiger partial charge in [-0.1, -0.05) is 11.6 Å². The predicted octanol–water partition coefficient (Wildman–Crippen LogP) is 2.02. The van der Waals surface area contributed by atoms with Crippen LogP contribution in [0.25, 0.3) is 0 Å². The molecule has 15 heavy (non-hydrogen) atoms. The van der Waals surface area contributed by atoms with E-state index in [9.17, 15) is 5.11 Å². The van der Waals surface area contributed by atoms with Crippen LogP contribution in [0.3, 0.4) is 0 Å². The summed E-state index contributed by atoms with van der Waals surface area (Å²) in [6, 6.07) is 5.34. The number of anilines is 1. The van der Waals surface area contributed by atoms with Gasteiger partial charge >= 0.3 is 0 Å². The van der Waals surface area contributed by atoms with E-state index in [4.69, 9.17) is 22.1 Å². The third kappa shape index (κ3) is 4.30. The number of benzene rings is 1. The lowest BCUT2D eigenvalue weighted by Crippen LogP contribution is -2.16. The van der Waals surface area contributed by atoms with Crippen LogP contribution in [0.15, 0.2) is 23.1 Å². The van der Waals surface area contributed by atoms with Gasteiger partial charge in [-0.2, -0.15) is 0 Å². The van der Waals surface area contributed by atoms with Gasteiger partial charge in [0.15, 0.2) is 0 Å². The van der Waals surface area contributed by atoms with E-state index in [1.807, 2.05) is 6.07 Å². The molecule has 0 aliphatic heterocycles. The summed E-state index contributed by atoms with van der Waals surface area (Å²) in [5.74, 6) is 0.553. The molecular weight excluding hydrogens is 234 g/mol. The fraction of sp³-hybridized carbons (Fsp3) is 0.400. The van der Waals surface area contributed by atoms with E-state index in [0.29, 0.717) is 23.1 Å². The van der Waals surface area contributed by atoms with Gasteiger partial charge in [0.25, 0.3) is 0 Å². The number of thioether (sulfide) groups is 1. The van der Waals surface area contributed by atoms with Gasteiger partial charge in [-0.25, -0.2) is 0 Å². The monoisotopic (exact) mass is 247 g/mol. The Bertz CT molecular complexity index is 322. The number of hydrogen-bond acceptors (Lipinski definition) is 4. The van der Waals surface area contributed by atoms with Gasteiger partial charge in [0, 0.05) is 23.4 Å². The first-order valence-electron chi connectivity index (χ1n) is 4.48. The zero-order valence-electron chi connectivity index (χ0n) is 8.44. The van der Waals surface area contributed by atoms with Crippen molar-refractivity contribution >= 4 is 29.1 Å². The Kier molecular flexibility index (Phi) is 5.25. The fourth-order valence-electron chi connectivity index (χ4n) is 1.06. The number of halogens is 1. The normalized spacial score (nSPS) is 12.7. The van der Waals surface area contributed by atoms with Crippen molar-refractivity contribution in [1.82, 2.24) is 0 Å². The molecule has 0 bridgehead atoms. The summed E-state index contributed by atoms with van der Waals surface area (Å²) in [5.41, 5.74) is 6.21. The second-order valence-electron chi connectivity index (χ2n) is 3.11. The number of aliphatic hydroxyl groups excluding tert-OH is 1. The number of ether oxygens (including phenoxy) is 1. The third-order valence-electron chi connectivity index (χ3n) is 1.75. The average molecular weight is 248 g/mol. The number of hydrogen-bond donors (Lipinski definition) is 2. The van der Waals surface area contributed by atoms with Crippen molar-refractivity contribution in [3.05, 3.63) is 23.2 Å². The molecule has 3 N–H and O–H groups in total. The second-order valence-corrected chi connectivity index (χ2v) is 4.58. The molecule has 0 aliphatic carbocycles. The quantitative estimate of drug-likeness (QED) is 0.618. The molecule has 1 aromatic rings. The van der Waals surface area contributed by atoms with Crippen LogP contribution in [0.1, 0.15) is 0 Å². The Hall–Kier alpha value is -0.420. The minimum Gasteiger partial charge on any atom is -0.399 e. The molecule has 0 heterocycles. The number of nitrogens with two attached hydrogens (primary N) is 1. The molecule has 1 rings (SSSR count). The Morgan fingerprint density at radius 2 is 2.33 bits per heavy atom. The zero-order chi connectivity index (χ0) is 11.3. The molecule has 0 fully saturated rings. The van der Waals surface area contributed by atoms with E-state index in [-0.39, 0.29) is 0 Å². The zero-order valence-corrected chi connectivity index (χ0v) is 10.0. The first-order valence-corrected chi connectivity index (χ1v) is 5.84. The summed E-state index contributed by atoms with van der Waals surface area (Å²) >= 11 is 7.46. The molecule has 0 spiro atoms. The first-order chi connectivity index (χ1) is 7.13. The van der Waals surface area contributed by atoms with Crippen molar-refractivity contribution in [3.63, 3.8) is 0 Å². The molecular formula is C10H14ClNO2S. The van der Waals surface area contributed by atoms with Crippen molar-refractivity contribution in [2.75, 3.05) is 25.2 Å². The Labute approximate surface area is 98.6 Å². The smallest absolute Gasteiger partial charge is 0.0867 e. The highest BCUT2D eigenvalue weighted by molar-refractivity contribution is 7.99. The van der Waals surface area contributed by atoms with Gasteiger partial charge in [-0.3, -0.25) is 0 Å². The first kappa shape index (κ1) is 12.6. The molecule has 0 amide bonds. The summed E-state index contributed by atoms with van der Waals surface area (Å²) < 4.78 is 4.83. The molecule has 84 valence electrons. The molecule has 0 saturated carbocycles. The van der Waals surface area contributed by atoms with Crippen molar-refractivity contribution in [1.29, 1.82) is 0 Å². The van der Waals surface area contributed by atoms with Crippen LogP contribution in [-0.4, -0.2) is 30.7 Å². The molecule has 5 heteroatoms. The molecule has 0 aromatic heterocycles. The Balaban J connectivity index is 2.50. The topological polar surface area (TPSA) is 55.5 Å². The highest BCUT2D eigenvalue weighted by atomic mass is 35.5. The summed E-state index contributed by atoms with van der Waals surface area (Å²) in [5, 5.41) is 10.1. The number of rotatable bonds is 5. The third-order valence-corrected chi connectivity index (χ3v) is 3.39. The van der Waals surface area contributed by atoms with E-state index in [0.717, 1.165) is 4.90 Å².